The average molecular weight is 248 g/mol. The summed E-state index contributed by atoms with van der Waals surface area (Å²) in [6.45, 7) is 6.21. The van der Waals surface area contributed by atoms with Crippen LogP contribution in [0.25, 0.3) is 0 Å². The Morgan fingerprint density at radius 3 is 2.38 bits per heavy atom. The van der Waals surface area contributed by atoms with Crippen molar-refractivity contribution in [3.8, 4) is 0 Å². The van der Waals surface area contributed by atoms with Crippen LogP contribution in [0.2, 0.25) is 0 Å². The first-order valence-electron chi connectivity index (χ1n) is 5.85. The van der Waals surface area contributed by atoms with Crippen LogP contribution in [0.1, 0.15) is 20.3 Å². The van der Waals surface area contributed by atoms with Crippen molar-refractivity contribution in [1.82, 2.24) is 9.62 Å². The van der Waals surface area contributed by atoms with Crippen LogP contribution < -0.4 is 5.32 Å². The van der Waals surface area contributed by atoms with Gasteiger partial charge in [0.05, 0.1) is 17.5 Å². The molecule has 16 heavy (non-hydrogen) atoms. The summed E-state index contributed by atoms with van der Waals surface area (Å²) >= 11 is 0. The summed E-state index contributed by atoms with van der Waals surface area (Å²) in [4.78, 5) is 0. The van der Waals surface area contributed by atoms with Gasteiger partial charge in [-0.05, 0) is 26.8 Å². The Balaban J connectivity index is 2.10. The minimum Gasteiger partial charge on any atom is -0.373 e. The lowest BCUT2D eigenvalue weighted by Gasteiger charge is -2.35. The second-order valence-corrected chi connectivity index (χ2v) is 6.95. The number of rotatable bonds is 2. The van der Waals surface area contributed by atoms with Gasteiger partial charge in [0, 0.05) is 19.6 Å². The summed E-state index contributed by atoms with van der Waals surface area (Å²) in [5.41, 5.74) is 0. The Labute approximate surface area is 97.2 Å². The molecule has 0 aromatic heterocycles. The van der Waals surface area contributed by atoms with Gasteiger partial charge in [0.25, 0.3) is 0 Å². The summed E-state index contributed by atoms with van der Waals surface area (Å²) in [5.74, 6) is 0. The van der Waals surface area contributed by atoms with E-state index in [0.717, 1.165) is 13.0 Å². The van der Waals surface area contributed by atoms with Crippen LogP contribution >= 0.6 is 0 Å². The molecule has 1 N–H and O–H groups in total. The lowest BCUT2D eigenvalue weighted by molar-refractivity contribution is -0.0442. The van der Waals surface area contributed by atoms with E-state index in [-0.39, 0.29) is 17.5 Å². The average Bonchev–Trinajstić information content (AvgIpc) is 2.69. The van der Waals surface area contributed by atoms with Crippen molar-refractivity contribution < 1.29 is 13.2 Å². The Kier molecular flexibility index (Phi) is 3.53. The highest BCUT2D eigenvalue weighted by Gasteiger charge is 2.37. The van der Waals surface area contributed by atoms with Gasteiger partial charge in [-0.15, -0.1) is 0 Å². The first kappa shape index (κ1) is 12.3. The van der Waals surface area contributed by atoms with Crippen LogP contribution in [0.5, 0.6) is 0 Å². The molecule has 0 aromatic carbocycles. The van der Waals surface area contributed by atoms with Gasteiger partial charge in [0.2, 0.25) is 10.0 Å². The number of hydrogen-bond acceptors (Lipinski definition) is 4. The fourth-order valence-electron chi connectivity index (χ4n) is 2.43. The van der Waals surface area contributed by atoms with Crippen LogP contribution in [0.3, 0.4) is 0 Å². The van der Waals surface area contributed by atoms with Crippen LogP contribution in [0, 0.1) is 0 Å². The Morgan fingerprint density at radius 2 is 1.88 bits per heavy atom. The topological polar surface area (TPSA) is 58.6 Å². The third-order valence-corrected chi connectivity index (χ3v) is 5.45. The minimum absolute atomic E-state index is 0.00659. The van der Waals surface area contributed by atoms with Crippen LogP contribution in [-0.2, 0) is 14.8 Å². The third-order valence-electron chi connectivity index (χ3n) is 3.18. The predicted octanol–water partition coefficient (Wildman–Crippen LogP) is -0.213. The van der Waals surface area contributed by atoms with E-state index in [1.165, 1.54) is 0 Å². The maximum absolute atomic E-state index is 12.3. The monoisotopic (exact) mass is 248 g/mol. The van der Waals surface area contributed by atoms with Crippen molar-refractivity contribution in [1.29, 1.82) is 0 Å². The highest BCUT2D eigenvalue weighted by Crippen LogP contribution is 2.20. The molecule has 3 atom stereocenters. The normalized spacial score (nSPS) is 37.8. The summed E-state index contributed by atoms with van der Waals surface area (Å²) in [6, 6.07) is 0. The van der Waals surface area contributed by atoms with Crippen LogP contribution in [0.15, 0.2) is 0 Å². The first-order chi connectivity index (χ1) is 7.50. The van der Waals surface area contributed by atoms with E-state index in [1.54, 1.807) is 4.31 Å². The highest BCUT2D eigenvalue weighted by atomic mass is 32.2. The zero-order valence-electron chi connectivity index (χ0n) is 9.85. The summed E-state index contributed by atoms with van der Waals surface area (Å²) < 4.78 is 31.8. The lowest BCUT2D eigenvalue weighted by Crippen LogP contribution is -2.51. The fourth-order valence-corrected chi connectivity index (χ4v) is 4.43. The molecule has 5 nitrogen and oxygen atoms in total. The molecule has 2 fully saturated rings. The standard InChI is InChI=1S/C10H20N2O3S/c1-8-6-12(7-9(2)15-8)16(13,14)10-3-4-11-5-10/h8-11H,3-7H2,1-2H3. The molecule has 0 spiro atoms. The zero-order valence-corrected chi connectivity index (χ0v) is 10.7. The number of nitrogens with zero attached hydrogens (tertiary/aromatic N) is 1. The van der Waals surface area contributed by atoms with Crippen molar-refractivity contribution >= 4 is 10.0 Å². The summed E-state index contributed by atoms with van der Waals surface area (Å²) in [6.07, 6.45) is 0.711. The van der Waals surface area contributed by atoms with E-state index in [2.05, 4.69) is 5.32 Å². The molecule has 2 aliphatic heterocycles. The van der Waals surface area contributed by atoms with Crippen molar-refractivity contribution in [3.05, 3.63) is 0 Å². The molecule has 0 amide bonds. The summed E-state index contributed by atoms with van der Waals surface area (Å²) in [5, 5.41) is 2.86. The predicted molar refractivity (Wildman–Crippen MR) is 61.8 cm³/mol. The van der Waals surface area contributed by atoms with Crippen molar-refractivity contribution in [2.45, 2.75) is 37.7 Å². The van der Waals surface area contributed by atoms with Gasteiger partial charge in [-0.25, -0.2) is 8.42 Å². The number of morpholine rings is 1. The molecule has 6 heteroatoms. The summed E-state index contributed by atoms with van der Waals surface area (Å²) in [7, 11) is -3.14. The highest BCUT2D eigenvalue weighted by molar-refractivity contribution is 7.89. The third kappa shape index (κ3) is 2.40. The van der Waals surface area contributed by atoms with Crippen molar-refractivity contribution in [2.75, 3.05) is 26.2 Å². The van der Waals surface area contributed by atoms with Gasteiger partial charge in [0.1, 0.15) is 0 Å². The molecular weight excluding hydrogens is 228 g/mol. The Hall–Kier alpha value is -0.170. The van der Waals surface area contributed by atoms with Crippen LogP contribution in [0.4, 0.5) is 0 Å². The van der Waals surface area contributed by atoms with Crippen molar-refractivity contribution in [2.24, 2.45) is 0 Å². The molecule has 0 aliphatic carbocycles. The molecule has 0 aromatic rings. The molecule has 0 radical (unpaired) electrons. The Morgan fingerprint density at radius 1 is 1.25 bits per heavy atom. The molecule has 94 valence electrons. The number of ether oxygens (including phenoxy) is 1. The van der Waals surface area contributed by atoms with Crippen molar-refractivity contribution in [3.63, 3.8) is 0 Å². The second kappa shape index (κ2) is 4.60. The van der Waals surface area contributed by atoms with Gasteiger partial charge >= 0.3 is 0 Å². The van der Waals surface area contributed by atoms with E-state index in [0.29, 0.717) is 19.6 Å². The van der Waals surface area contributed by atoms with Gasteiger partial charge < -0.3 is 10.1 Å². The van der Waals surface area contributed by atoms with E-state index in [9.17, 15) is 8.42 Å². The first-order valence-corrected chi connectivity index (χ1v) is 7.35. The van der Waals surface area contributed by atoms with E-state index < -0.39 is 10.0 Å². The SMILES string of the molecule is CC1CN(S(=O)(=O)C2CCNC2)CC(C)O1. The molecule has 0 bridgehead atoms. The maximum atomic E-state index is 12.3. The molecule has 2 aliphatic rings. The number of hydrogen-bond donors (Lipinski definition) is 1. The zero-order chi connectivity index (χ0) is 11.8. The molecule has 2 heterocycles. The molecule has 0 saturated carbocycles. The molecule has 2 saturated heterocycles. The minimum atomic E-state index is -3.14. The van der Waals surface area contributed by atoms with Gasteiger partial charge in [-0.2, -0.15) is 4.31 Å². The number of sulfonamides is 1. The largest absolute Gasteiger partial charge is 0.373 e. The Bertz CT molecular complexity index is 328. The smallest absolute Gasteiger partial charge is 0.218 e. The van der Waals surface area contributed by atoms with Crippen LogP contribution in [-0.4, -0.2) is 56.4 Å². The molecule has 3 unspecified atom stereocenters. The van der Waals surface area contributed by atoms with Gasteiger partial charge in [-0.3, -0.25) is 0 Å². The second-order valence-electron chi connectivity index (χ2n) is 4.73. The number of nitrogens with one attached hydrogen (secondary N) is 1. The van der Waals surface area contributed by atoms with E-state index in [1.807, 2.05) is 13.8 Å². The quantitative estimate of drug-likeness (QED) is 0.734. The lowest BCUT2D eigenvalue weighted by atomic mass is 10.3. The fraction of sp³-hybridized carbons (Fsp3) is 1.00. The van der Waals surface area contributed by atoms with Gasteiger partial charge in [-0.1, -0.05) is 0 Å². The maximum Gasteiger partial charge on any atom is 0.218 e. The van der Waals surface area contributed by atoms with Gasteiger partial charge in [0.15, 0.2) is 0 Å². The van der Waals surface area contributed by atoms with E-state index >= 15 is 0 Å². The molecular formula is C10H20N2O3S. The molecule has 2 rings (SSSR count). The van der Waals surface area contributed by atoms with E-state index in [4.69, 9.17) is 4.74 Å².